The van der Waals surface area contributed by atoms with Gasteiger partial charge in [-0.15, -0.1) is 94.5 Å². The minimum Gasteiger partial charge on any atom is -0.305 e. The van der Waals surface area contributed by atoms with Crippen LogP contribution in [0.25, 0.3) is 78.3 Å². The molecular formula is C62H43IrN4. The SMILES string of the molecule is N#Cc1ccc(-c2ccc(-c3cc(-c4ccccn4)[c-]cc3-c3ccccc3-c3cc(CCc4c[c-]c(-c5ccccn5)cc4)cc(CCc4c[c-]c(-c5ccccn5)cc4)c3)cc2)cc1.[Ir+3]. The van der Waals surface area contributed by atoms with E-state index in [-0.39, 0.29) is 20.1 Å². The van der Waals surface area contributed by atoms with Crippen molar-refractivity contribution in [3.8, 4) is 84.3 Å². The summed E-state index contributed by atoms with van der Waals surface area (Å²) >= 11 is 0. The number of rotatable bonds is 13. The fourth-order valence-corrected chi connectivity index (χ4v) is 8.54. The van der Waals surface area contributed by atoms with Crippen LogP contribution in [-0.4, -0.2) is 15.0 Å². The molecule has 0 bridgehead atoms. The maximum atomic E-state index is 9.35. The van der Waals surface area contributed by atoms with Crippen LogP contribution in [0.5, 0.6) is 0 Å². The monoisotopic (exact) mass is 1040 g/mol. The zero-order chi connectivity index (χ0) is 44.5. The van der Waals surface area contributed by atoms with Gasteiger partial charge in [0.15, 0.2) is 0 Å². The molecule has 67 heavy (non-hydrogen) atoms. The maximum Gasteiger partial charge on any atom is 3.00 e. The predicted molar refractivity (Wildman–Crippen MR) is 267 cm³/mol. The van der Waals surface area contributed by atoms with Gasteiger partial charge in [-0.1, -0.05) is 145 Å². The van der Waals surface area contributed by atoms with Crippen molar-refractivity contribution in [3.05, 3.63) is 259 Å². The molecule has 4 nitrogen and oxygen atoms in total. The quantitative estimate of drug-likeness (QED) is 0.108. The van der Waals surface area contributed by atoms with E-state index < -0.39 is 0 Å². The van der Waals surface area contributed by atoms with E-state index in [0.717, 1.165) is 98.4 Å². The van der Waals surface area contributed by atoms with E-state index in [1.165, 1.54) is 27.8 Å². The van der Waals surface area contributed by atoms with Crippen LogP contribution in [0.2, 0.25) is 0 Å². The van der Waals surface area contributed by atoms with Crippen molar-refractivity contribution >= 4 is 0 Å². The second-order valence-corrected chi connectivity index (χ2v) is 16.4. The Morgan fingerprint density at radius 2 is 0.821 bits per heavy atom. The van der Waals surface area contributed by atoms with Crippen LogP contribution in [-0.2, 0) is 45.8 Å². The molecule has 0 spiro atoms. The minimum absolute atomic E-state index is 0. The molecular weight excluding hydrogens is 993 g/mol. The fourth-order valence-electron chi connectivity index (χ4n) is 8.54. The van der Waals surface area contributed by atoms with E-state index in [2.05, 4.69) is 154 Å². The Morgan fingerprint density at radius 1 is 0.358 bits per heavy atom. The van der Waals surface area contributed by atoms with Gasteiger partial charge in [0.1, 0.15) is 0 Å². The zero-order valence-corrected chi connectivity index (χ0v) is 39.1. The van der Waals surface area contributed by atoms with Crippen molar-refractivity contribution in [2.24, 2.45) is 0 Å². The Bertz CT molecular complexity index is 3150. The van der Waals surface area contributed by atoms with Crippen molar-refractivity contribution in [1.82, 2.24) is 15.0 Å². The molecule has 0 amide bonds. The van der Waals surface area contributed by atoms with Crippen LogP contribution in [0, 0.1) is 29.5 Å². The molecule has 0 atom stereocenters. The molecule has 3 heterocycles. The van der Waals surface area contributed by atoms with Gasteiger partial charge in [-0.3, -0.25) is 0 Å². The zero-order valence-electron chi connectivity index (χ0n) is 36.7. The summed E-state index contributed by atoms with van der Waals surface area (Å²) in [5.41, 5.74) is 20.3. The number of nitriles is 1. The van der Waals surface area contributed by atoms with Crippen molar-refractivity contribution in [2.75, 3.05) is 0 Å². The van der Waals surface area contributed by atoms with Crippen LogP contribution in [0.15, 0.2) is 213 Å². The number of hydrogen-bond donors (Lipinski definition) is 0. The molecule has 10 aromatic rings. The first kappa shape index (κ1) is 44.3. The van der Waals surface area contributed by atoms with Gasteiger partial charge in [-0.25, -0.2) is 0 Å². The molecule has 0 N–H and O–H groups in total. The minimum atomic E-state index is 0. The Labute approximate surface area is 406 Å². The number of benzene rings is 7. The van der Waals surface area contributed by atoms with Gasteiger partial charge in [0.2, 0.25) is 0 Å². The third-order valence-corrected chi connectivity index (χ3v) is 12.1. The average Bonchev–Trinajstić information content (AvgIpc) is 3.40. The predicted octanol–water partition coefficient (Wildman–Crippen LogP) is 14.4. The first-order chi connectivity index (χ1) is 32.6. The van der Waals surface area contributed by atoms with Crippen molar-refractivity contribution in [3.63, 3.8) is 0 Å². The van der Waals surface area contributed by atoms with Gasteiger partial charge in [-0.05, 0) is 99.2 Å². The molecule has 5 heteroatoms. The molecule has 7 aromatic carbocycles. The first-order valence-electron chi connectivity index (χ1n) is 22.3. The molecule has 320 valence electrons. The molecule has 0 fully saturated rings. The smallest absolute Gasteiger partial charge is 0.305 e. The van der Waals surface area contributed by atoms with Gasteiger partial charge in [0.05, 0.1) is 11.6 Å². The number of nitrogens with zero attached hydrogens (tertiary/aromatic N) is 4. The van der Waals surface area contributed by atoms with Gasteiger partial charge >= 0.3 is 20.1 Å². The molecule has 0 aliphatic carbocycles. The van der Waals surface area contributed by atoms with E-state index in [1.807, 2.05) is 97.5 Å². The van der Waals surface area contributed by atoms with Crippen LogP contribution in [0.3, 0.4) is 0 Å². The summed E-state index contributed by atoms with van der Waals surface area (Å²) < 4.78 is 0. The van der Waals surface area contributed by atoms with Crippen LogP contribution >= 0.6 is 0 Å². The molecule has 0 radical (unpaired) electrons. The second kappa shape index (κ2) is 21.0. The van der Waals surface area contributed by atoms with Gasteiger partial charge in [0, 0.05) is 18.6 Å². The van der Waals surface area contributed by atoms with Crippen LogP contribution in [0.4, 0.5) is 0 Å². The summed E-state index contributed by atoms with van der Waals surface area (Å²) in [7, 11) is 0. The van der Waals surface area contributed by atoms with Gasteiger partial charge in [0.25, 0.3) is 0 Å². The Morgan fingerprint density at radius 3 is 1.31 bits per heavy atom. The van der Waals surface area contributed by atoms with E-state index in [1.54, 1.807) is 0 Å². The third-order valence-electron chi connectivity index (χ3n) is 12.1. The van der Waals surface area contributed by atoms with Crippen molar-refractivity contribution < 1.29 is 20.1 Å². The van der Waals surface area contributed by atoms with E-state index in [4.69, 9.17) is 0 Å². The van der Waals surface area contributed by atoms with Gasteiger partial charge < -0.3 is 15.0 Å². The summed E-state index contributed by atoms with van der Waals surface area (Å²) in [6.07, 6.45) is 9.02. The van der Waals surface area contributed by atoms with Crippen molar-refractivity contribution in [2.45, 2.75) is 25.7 Å². The molecule has 0 saturated carbocycles. The average molecular weight is 1040 g/mol. The third kappa shape index (κ3) is 10.5. The summed E-state index contributed by atoms with van der Waals surface area (Å²) in [6.45, 7) is 0. The van der Waals surface area contributed by atoms with E-state index in [0.29, 0.717) is 5.56 Å². The molecule has 3 aromatic heterocycles. The van der Waals surface area contributed by atoms with Gasteiger partial charge in [-0.2, -0.15) is 5.26 Å². The van der Waals surface area contributed by atoms with E-state index in [9.17, 15) is 5.26 Å². The normalized spacial score (nSPS) is 10.8. The molecule has 10 rings (SSSR count). The van der Waals surface area contributed by atoms with Crippen molar-refractivity contribution in [1.29, 1.82) is 5.26 Å². The summed E-state index contributed by atoms with van der Waals surface area (Å²) in [5, 5.41) is 9.35. The number of pyridine rings is 3. The fraction of sp³-hybridized carbons (Fsp3) is 0.0645. The largest absolute Gasteiger partial charge is 3.00 e. The summed E-state index contributed by atoms with van der Waals surface area (Å²) in [4.78, 5) is 13.7. The van der Waals surface area contributed by atoms with E-state index >= 15 is 0 Å². The topological polar surface area (TPSA) is 62.5 Å². The summed E-state index contributed by atoms with van der Waals surface area (Å²) in [6, 6.07) is 80.3. The Kier molecular flexibility index (Phi) is 13.9. The maximum absolute atomic E-state index is 9.35. The Hall–Kier alpha value is -7.87. The number of hydrogen-bond acceptors (Lipinski definition) is 4. The van der Waals surface area contributed by atoms with Crippen LogP contribution < -0.4 is 0 Å². The molecule has 0 saturated heterocycles. The standard InChI is InChI=1S/C62H43N4.Ir/c63-43-46-22-24-49(25-23-46)50-30-32-51(33-31-50)59-42-54(62-13-5-8-38-66-62)34-35-58(59)57-10-2-1-9-56(57)55-40-47(16-14-44-18-26-52(27-19-44)60-11-3-6-36-64-60)39-48(41-55)17-15-45-20-28-53(29-21-45)61-12-4-7-37-65-61;/h1-13,18-26,28,30-33,35-42H,14-17H2;/q-3;+3. The first-order valence-corrected chi connectivity index (χ1v) is 22.3. The molecule has 0 aliphatic heterocycles. The summed E-state index contributed by atoms with van der Waals surface area (Å²) in [5.74, 6) is 0. The molecule has 0 aliphatic rings. The number of aryl methyl sites for hydroxylation is 4. The Balaban J connectivity index is 0.00000562. The second-order valence-electron chi connectivity index (χ2n) is 16.4. The van der Waals surface area contributed by atoms with Crippen LogP contribution in [0.1, 0.15) is 27.8 Å². The molecule has 0 unspecified atom stereocenters. The number of aromatic nitrogens is 3.